The lowest BCUT2D eigenvalue weighted by molar-refractivity contribution is -0.150. The first-order valence-corrected chi connectivity index (χ1v) is 3.55. The highest BCUT2D eigenvalue weighted by Gasteiger charge is 2.27. The van der Waals surface area contributed by atoms with E-state index in [1.54, 1.807) is 0 Å². The zero-order chi connectivity index (χ0) is 7.56. The van der Waals surface area contributed by atoms with Crippen molar-refractivity contribution in [2.75, 3.05) is 0 Å². The van der Waals surface area contributed by atoms with Gasteiger partial charge in [0.15, 0.2) is 0 Å². The van der Waals surface area contributed by atoms with Gasteiger partial charge in [0.1, 0.15) is 6.10 Å². The molecule has 0 aromatic heterocycles. The summed E-state index contributed by atoms with van der Waals surface area (Å²) in [5.41, 5.74) is 0. The third-order valence-corrected chi connectivity index (χ3v) is 1.74. The second-order valence-corrected chi connectivity index (χ2v) is 2.65. The average molecular weight is 144 g/mol. The molecular weight excluding hydrogens is 132 g/mol. The molecule has 0 saturated heterocycles. The summed E-state index contributed by atoms with van der Waals surface area (Å²) in [7, 11) is 0. The molecule has 3 nitrogen and oxygen atoms in total. The predicted molar refractivity (Wildman–Crippen MR) is 35.4 cm³/mol. The molecule has 1 N–H and O–H groups in total. The van der Waals surface area contributed by atoms with Crippen molar-refractivity contribution in [2.24, 2.45) is 0 Å². The fraction of sp³-hybridized carbons (Fsp3) is 0.857. The monoisotopic (exact) mass is 144 g/mol. The Labute approximate surface area is 60.0 Å². The second-order valence-electron chi connectivity index (χ2n) is 2.65. The van der Waals surface area contributed by atoms with E-state index in [9.17, 15) is 4.79 Å². The molecule has 0 radical (unpaired) electrons. The molecule has 58 valence electrons. The van der Waals surface area contributed by atoms with E-state index in [1.165, 1.54) is 6.92 Å². The number of aliphatic hydroxyl groups is 1. The molecule has 10 heavy (non-hydrogen) atoms. The van der Waals surface area contributed by atoms with Crippen LogP contribution in [0.25, 0.3) is 0 Å². The van der Waals surface area contributed by atoms with Crippen molar-refractivity contribution in [1.82, 2.24) is 0 Å². The maximum absolute atomic E-state index is 10.4. The van der Waals surface area contributed by atoms with Crippen LogP contribution in [0, 0.1) is 0 Å². The van der Waals surface area contributed by atoms with Gasteiger partial charge in [-0.3, -0.25) is 4.79 Å². The number of carbonyl (C=O) groups excluding carboxylic acids is 1. The van der Waals surface area contributed by atoms with E-state index < -0.39 is 6.10 Å². The number of aliphatic hydroxyl groups excluding tert-OH is 1. The summed E-state index contributed by atoms with van der Waals surface area (Å²) in [5.74, 6) is -0.300. The van der Waals surface area contributed by atoms with Crippen LogP contribution in [0.5, 0.6) is 0 Å². The molecule has 1 aliphatic rings. The van der Waals surface area contributed by atoms with Crippen LogP contribution >= 0.6 is 0 Å². The van der Waals surface area contributed by atoms with Gasteiger partial charge in [0.05, 0.1) is 6.10 Å². The highest BCUT2D eigenvalue weighted by molar-refractivity contribution is 5.66. The maximum atomic E-state index is 10.4. The number of esters is 1. The highest BCUT2D eigenvalue weighted by atomic mass is 16.6. The molecule has 1 unspecified atom stereocenters. The second kappa shape index (κ2) is 3.01. The fourth-order valence-electron chi connectivity index (χ4n) is 1.26. The molecular formula is C7H12O3. The fourth-order valence-corrected chi connectivity index (χ4v) is 1.26. The SMILES string of the molecule is CC(=O)O[C@@H]1CCCC1O. The molecule has 2 atom stereocenters. The van der Waals surface area contributed by atoms with Gasteiger partial charge in [0.2, 0.25) is 0 Å². The van der Waals surface area contributed by atoms with Crippen molar-refractivity contribution in [3.05, 3.63) is 0 Å². The lowest BCUT2D eigenvalue weighted by Crippen LogP contribution is -2.24. The van der Waals surface area contributed by atoms with E-state index in [0.717, 1.165) is 19.3 Å². The molecule has 0 bridgehead atoms. The van der Waals surface area contributed by atoms with Gasteiger partial charge < -0.3 is 9.84 Å². The Kier molecular flexibility index (Phi) is 2.27. The smallest absolute Gasteiger partial charge is 0.302 e. The summed E-state index contributed by atoms with van der Waals surface area (Å²) in [4.78, 5) is 10.4. The highest BCUT2D eigenvalue weighted by Crippen LogP contribution is 2.21. The van der Waals surface area contributed by atoms with Crippen LogP contribution in [0.3, 0.4) is 0 Å². The number of carbonyl (C=O) groups is 1. The van der Waals surface area contributed by atoms with Crippen molar-refractivity contribution >= 4 is 5.97 Å². The number of hydrogen-bond acceptors (Lipinski definition) is 3. The Hall–Kier alpha value is -0.570. The van der Waals surface area contributed by atoms with Crippen LogP contribution in [0.1, 0.15) is 26.2 Å². The van der Waals surface area contributed by atoms with Gasteiger partial charge >= 0.3 is 5.97 Å². The molecule has 0 aromatic rings. The Morgan fingerprint density at radius 3 is 2.70 bits per heavy atom. The normalized spacial score (nSPS) is 32.2. The van der Waals surface area contributed by atoms with Gasteiger partial charge in [-0.1, -0.05) is 0 Å². The summed E-state index contributed by atoms with van der Waals surface area (Å²) < 4.78 is 4.83. The maximum Gasteiger partial charge on any atom is 0.302 e. The predicted octanol–water partition coefficient (Wildman–Crippen LogP) is 0.463. The standard InChI is InChI=1S/C7H12O3/c1-5(8)10-7-4-2-3-6(7)9/h6-7,9H,2-4H2,1H3/t6?,7-/m1/s1. The van der Waals surface area contributed by atoms with E-state index in [4.69, 9.17) is 9.84 Å². The molecule has 0 spiro atoms. The first-order chi connectivity index (χ1) is 4.70. The molecule has 3 heteroatoms. The molecule has 1 fully saturated rings. The third kappa shape index (κ3) is 1.70. The van der Waals surface area contributed by atoms with Crippen molar-refractivity contribution in [3.8, 4) is 0 Å². The lowest BCUT2D eigenvalue weighted by Gasteiger charge is -2.13. The van der Waals surface area contributed by atoms with Crippen molar-refractivity contribution < 1.29 is 14.6 Å². The van der Waals surface area contributed by atoms with Crippen LogP contribution < -0.4 is 0 Å². The summed E-state index contributed by atoms with van der Waals surface area (Å²) in [6.45, 7) is 1.37. The van der Waals surface area contributed by atoms with Crippen LogP contribution in [0.4, 0.5) is 0 Å². The average Bonchev–Trinajstić information content (AvgIpc) is 2.15. The Morgan fingerprint density at radius 2 is 2.30 bits per heavy atom. The molecule has 0 aliphatic heterocycles. The third-order valence-electron chi connectivity index (χ3n) is 1.74. The zero-order valence-electron chi connectivity index (χ0n) is 6.04. The van der Waals surface area contributed by atoms with Crippen molar-refractivity contribution in [2.45, 2.75) is 38.4 Å². The molecule has 0 aromatic carbocycles. The Morgan fingerprint density at radius 1 is 1.60 bits per heavy atom. The Balaban J connectivity index is 2.33. The minimum absolute atomic E-state index is 0.238. The van der Waals surface area contributed by atoms with Crippen LogP contribution in [0.15, 0.2) is 0 Å². The van der Waals surface area contributed by atoms with Gasteiger partial charge in [-0.2, -0.15) is 0 Å². The molecule has 0 amide bonds. The summed E-state index contributed by atoms with van der Waals surface area (Å²) in [6, 6.07) is 0. The summed E-state index contributed by atoms with van der Waals surface area (Å²) in [6.07, 6.45) is 1.86. The number of ether oxygens (including phenoxy) is 1. The lowest BCUT2D eigenvalue weighted by atomic mass is 10.3. The van der Waals surface area contributed by atoms with Crippen molar-refractivity contribution in [3.63, 3.8) is 0 Å². The van der Waals surface area contributed by atoms with E-state index >= 15 is 0 Å². The van der Waals surface area contributed by atoms with Gasteiger partial charge in [-0.15, -0.1) is 0 Å². The van der Waals surface area contributed by atoms with E-state index in [0.29, 0.717) is 0 Å². The minimum Gasteiger partial charge on any atom is -0.460 e. The van der Waals surface area contributed by atoms with Gasteiger partial charge in [-0.05, 0) is 19.3 Å². The molecule has 1 rings (SSSR count). The van der Waals surface area contributed by atoms with E-state index in [-0.39, 0.29) is 12.1 Å². The number of rotatable bonds is 1. The minimum atomic E-state index is -0.427. The van der Waals surface area contributed by atoms with Gasteiger partial charge in [0, 0.05) is 6.92 Å². The molecule has 1 aliphatic carbocycles. The zero-order valence-corrected chi connectivity index (χ0v) is 6.04. The van der Waals surface area contributed by atoms with Crippen LogP contribution in [-0.2, 0) is 9.53 Å². The van der Waals surface area contributed by atoms with E-state index in [1.807, 2.05) is 0 Å². The first kappa shape index (κ1) is 7.54. The first-order valence-electron chi connectivity index (χ1n) is 3.55. The molecule has 0 heterocycles. The topological polar surface area (TPSA) is 46.5 Å². The van der Waals surface area contributed by atoms with Gasteiger partial charge in [0.25, 0.3) is 0 Å². The molecule has 1 saturated carbocycles. The summed E-state index contributed by atoms with van der Waals surface area (Å²) >= 11 is 0. The van der Waals surface area contributed by atoms with Crippen LogP contribution in [-0.4, -0.2) is 23.3 Å². The quantitative estimate of drug-likeness (QED) is 0.544. The van der Waals surface area contributed by atoms with Gasteiger partial charge in [-0.25, -0.2) is 0 Å². The largest absolute Gasteiger partial charge is 0.460 e. The van der Waals surface area contributed by atoms with Crippen LogP contribution in [0.2, 0.25) is 0 Å². The number of hydrogen-bond donors (Lipinski definition) is 1. The summed E-state index contributed by atoms with van der Waals surface area (Å²) in [5, 5.41) is 9.16. The van der Waals surface area contributed by atoms with E-state index in [2.05, 4.69) is 0 Å². The van der Waals surface area contributed by atoms with Crippen molar-refractivity contribution in [1.29, 1.82) is 0 Å². The Bertz CT molecular complexity index is 133.